The average molecular weight is 346 g/mol. The average Bonchev–Trinajstić information content (AvgIpc) is 2.87. The van der Waals surface area contributed by atoms with E-state index < -0.39 is 17.5 Å². The fraction of sp³-hybridized carbons (Fsp3) is 0.500. The quantitative estimate of drug-likeness (QED) is 0.862. The highest BCUT2D eigenvalue weighted by Crippen LogP contribution is 2.23. The molecule has 0 spiro atoms. The van der Waals surface area contributed by atoms with Gasteiger partial charge >= 0.3 is 6.03 Å². The second kappa shape index (κ2) is 7.65. The minimum atomic E-state index is -0.533. The summed E-state index contributed by atoms with van der Waals surface area (Å²) in [4.78, 5) is 39.8. The largest absolute Gasteiger partial charge is 0.333 e. The predicted octanol–water partition coefficient (Wildman–Crippen LogP) is 1.35. The number of hydrogen-bond acceptors (Lipinski definition) is 4. The van der Waals surface area contributed by atoms with Gasteiger partial charge in [-0.1, -0.05) is 18.2 Å². The highest BCUT2D eigenvalue weighted by Gasteiger charge is 2.35. The fourth-order valence-corrected chi connectivity index (χ4v) is 2.81. The Kier molecular flexibility index (Phi) is 5.79. The molecule has 2 N–H and O–H groups in total. The molecular weight excluding hydrogens is 320 g/mol. The first-order valence-electron chi connectivity index (χ1n) is 8.36. The Hall–Kier alpha value is -2.41. The van der Waals surface area contributed by atoms with Gasteiger partial charge in [0.2, 0.25) is 11.8 Å². The third-order valence-electron chi connectivity index (χ3n) is 3.91. The van der Waals surface area contributed by atoms with Gasteiger partial charge in [0.05, 0.1) is 12.6 Å². The van der Waals surface area contributed by atoms with Crippen molar-refractivity contribution in [1.29, 1.82) is 0 Å². The number of rotatable bonds is 4. The van der Waals surface area contributed by atoms with Crippen LogP contribution in [-0.4, -0.2) is 54.5 Å². The van der Waals surface area contributed by atoms with Crippen molar-refractivity contribution in [2.75, 3.05) is 25.0 Å². The lowest BCUT2D eigenvalue weighted by Gasteiger charge is -2.24. The summed E-state index contributed by atoms with van der Waals surface area (Å²) < 4.78 is 0. The van der Waals surface area contributed by atoms with Gasteiger partial charge in [-0.3, -0.25) is 19.8 Å². The molecule has 7 nitrogen and oxygen atoms in total. The van der Waals surface area contributed by atoms with Crippen molar-refractivity contribution in [3.63, 3.8) is 0 Å². The highest BCUT2D eigenvalue weighted by molar-refractivity contribution is 6.00. The van der Waals surface area contributed by atoms with Gasteiger partial charge in [0.1, 0.15) is 0 Å². The minimum absolute atomic E-state index is 0.0173. The summed E-state index contributed by atoms with van der Waals surface area (Å²) in [5.41, 5.74) is 0.436. The van der Waals surface area contributed by atoms with Crippen LogP contribution in [0.2, 0.25) is 0 Å². The number of hydrogen-bond donors (Lipinski definition) is 2. The van der Waals surface area contributed by atoms with Crippen LogP contribution in [0.3, 0.4) is 0 Å². The normalized spacial score (nSPS) is 17.7. The number of nitrogens with one attached hydrogen (secondary N) is 2. The number of imide groups is 1. The minimum Gasteiger partial charge on any atom is -0.333 e. The Balaban J connectivity index is 1.89. The first-order valence-corrected chi connectivity index (χ1v) is 8.36. The molecule has 0 bridgehead atoms. The summed E-state index contributed by atoms with van der Waals surface area (Å²) in [5.74, 6) is -0.462. The molecule has 1 aliphatic heterocycles. The Morgan fingerprint density at radius 3 is 2.48 bits per heavy atom. The number of nitrogens with zero attached hydrogens (tertiary/aromatic N) is 2. The van der Waals surface area contributed by atoms with E-state index in [1.54, 1.807) is 16.8 Å². The van der Waals surface area contributed by atoms with Crippen LogP contribution in [-0.2, 0) is 9.59 Å². The molecule has 1 aliphatic rings. The van der Waals surface area contributed by atoms with E-state index in [4.69, 9.17) is 0 Å². The molecule has 0 aliphatic carbocycles. The van der Waals surface area contributed by atoms with Crippen LogP contribution >= 0.6 is 0 Å². The van der Waals surface area contributed by atoms with Crippen LogP contribution in [0.4, 0.5) is 10.5 Å². The number of carbonyl (C=O) groups excluding carboxylic acids is 3. The van der Waals surface area contributed by atoms with E-state index in [9.17, 15) is 14.4 Å². The summed E-state index contributed by atoms with van der Waals surface area (Å²) in [6.45, 7) is 6.09. The van der Waals surface area contributed by atoms with E-state index >= 15 is 0 Å². The van der Waals surface area contributed by atoms with Crippen molar-refractivity contribution in [2.45, 2.75) is 38.8 Å². The van der Waals surface area contributed by atoms with Gasteiger partial charge in [-0.05, 0) is 46.4 Å². The van der Waals surface area contributed by atoms with Crippen molar-refractivity contribution < 1.29 is 14.4 Å². The van der Waals surface area contributed by atoms with E-state index in [1.807, 2.05) is 51.1 Å². The van der Waals surface area contributed by atoms with Gasteiger partial charge in [0.25, 0.3) is 0 Å². The molecule has 1 aromatic rings. The van der Waals surface area contributed by atoms with Crippen LogP contribution in [0, 0.1) is 0 Å². The third-order valence-corrected chi connectivity index (χ3v) is 3.91. The van der Waals surface area contributed by atoms with Crippen molar-refractivity contribution in [2.24, 2.45) is 0 Å². The second-order valence-electron chi connectivity index (χ2n) is 7.30. The first-order chi connectivity index (χ1) is 11.7. The third kappa shape index (κ3) is 5.29. The monoisotopic (exact) mass is 346 g/mol. The van der Waals surface area contributed by atoms with Crippen LogP contribution in [0.1, 0.15) is 27.2 Å². The van der Waals surface area contributed by atoms with E-state index in [2.05, 4.69) is 10.6 Å². The lowest BCUT2D eigenvalue weighted by Crippen LogP contribution is -2.51. The second-order valence-corrected chi connectivity index (χ2v) is 7.30. The Morgan fingerprint density at radius 2 is 1.88 bits per heavy atom. The van der Waals surface area contributed by atoms with Gasteiger partial charge < -0.3 is 10.2 Å². The molecule has 0 saturated carbocycles. The molecule has 1 atom stereocenters. The van der Waals surface area contributed by atoms with E-state index in [0.717, 1.165) is 5.69 Å². The molecule has 7 heteroatoms. The number of urea groups is 1. The van der Waals surface area contributed by atoms with Crippen LogP contribution in [0.25, 0.3) is 0 Å². The van der Waals surface area contributed by atoms with Crippen LogP contribution in [0.5, 0.6) is 0 Å². The van der Waals surface area contributed by atoms with Crippen molar-refractivity contribution in [3.05, 3.63) is 30.3 Å². The standard InChI is InChI=1S/C18H26N4O3/c1-18(2,3)20-17(25)19-15(23)12-21(4)14-10-11-22(16(14)24)13-8-6-5-7-9-13/h5-9,14H,10-12H2,1-4H3,(H2,19,20,23,25). The van der Waals surface area contributed by atoms with Crippen LogP contribution < -0.4 is 15.5 Å². The number of likely N-dealkylation sites (N-methyl/N-ethyl adjacent to an activating group) is 1. The molecular formula is C18H26N4O3. The lowest BCUT2D eigenvalue weighted by molar-refractivity contribution is -0.124. The molecule has 1 aromatic carbocycles. The SMILES string of the molecule is CN(CC(=O)NC(=O)NC(C)(C)C)C1CCN(c2ccccc2)C1=O. The molecule has 1 heterocycles. The molecule has 1 saturated heterocycles. The molecule has 0 radical (unpaired) electrons. The van der Waals surface area contributed by atoms with Crippen molar-refractivity contribution in [3.8, 4) is 0 Å². The van der Waals surface area contributed by atoms with Crippen LogP contribution in [0.15, 0.2) is 30.3 Å². The van der Waals surface area contributed by atoms with Gasteiger partial charge in [-0.2, -0.15) is 0 Å². The molecule has 1 fully saturated rings. The van der Waals surface area contributed by atoms with Crippen molar-refractivity contribution in [1.82, 2.24) is 15.5 Å². The number of anilines is 1. The number of para-hydroxylation sites is 1. The summed E-state index contributed by atoms with van der Waals surface area (Å²) in [6, 6.07) is 8.57. The maximum atomic E-state index is 12.6. The van der Waals surface area contributed by atoms with Crippen molar-refractivity contribution >= 4 is 23.5 Å². The lowest BCUT2D eigenvalue weighted by atomic mass is 10.1. The molecule has 0 aromatic heterocycles. The summed E-state index contributed by atoms with van der Waals surface area (Å²) in [6.07, 6.45) is 0.645. The van der Waals surface area contributed by atoms with E-state index in [1.165, 1.54) is 0 Å². The fourth-order valence-electron chi connectivity index (χ4n) is 2.81. The first kappa shape index (κ1) is 18.9. The van der Waals surface area contributed by atoms with E-state index in [0.29, 0.717) is 13.0 Å². The van der Waals surface area contributed by atoms with Gasteiger partial charge in [0.15, 0.2) is 0 Å². The van der Waals surface area contributed by atoms with Gasteiger partial charge in [-0.15, -0.1) is 0 Å². The van der Waals surface area contributed by atoms with Gasteiger partial charge in [0, 0.05) is 17.8 Å². The zero-order valence-corrected chi connectivity index (χ0v) is 15.2. The predicted molar refractivity (Wildman–Crippen MR) is 96.3 cm³/mol. The molecule has 136 valence electrons. The number of carbonyl (C=O) groups is 3. The summed E-state index contributed by atoms with van der Waals surface area (Å²) >= 11 is 0. The molecule has 1 unspecified atom stereocenters. The smallest absolute Gasteiger partial charge is 0.321 e. The Labute approximate surface area is 148 Å². The maximum Gasteiger partial charge on any atom is 0.321 e. The zero-order chi connectivity index (χ0) is 18.6. The molecule has 25 heavy (non-hydrogen) atoms. The zero-order valence-electron chi connectivity index (χ0n) is 15.2. The maximum absolute atomic E-state index is 12.6. The number of amides is 4. The molecule has 4 amide bonds. The Bertz CT molecular complexity index is 639. The van der Waals surface area contributed by atoms with E-state index in [-0.39, 0.29) is 18.5 Å². The Morgan fingerprint density at radius 1 is 1.24 bits per heavy atom. The number of benzene rings is 1. The summed E-state index contributed by atoms with van der Waals surface area (Å²) in [5, 5.41) is 4.96. The highest BCUT2D eigenvalue weighted by atomic mass is 16.2. The summed E-state index contributed by atoms with van der Waals surface area (Å²) in [7, 11) is 1.72. The van der Waals surface area contributed by atoms with Gasteiger partial charge in [-0.25, -0.2) is 4.79 Å². The topological polar surface area (TPSA) is 81.8 Å². The molecule has 2 rings (SSSR count).